The van der Waals surface area contributed by atoms with Crippen LogP contribution in [0, 0.1) is 11.3 Å². The van der Waals surface area contributed by atoms with Gasteiger partial charge in [-0.1, -0.05) is 23.2 Å². The van der Waals surface area contributed by atoms with Crippen LogP contribution in [0.2, 0.25) is 10.0 Å². The van der Waals surface area contributed by atoms with E-state index in [9.17, 15) is 4.79 Å². The molecule has 80 valence electrons. The number of carbonyl (C=O) groups is 1. The molecule has 1 aromatic carbocycles. The van der Waals surface area contributed by atoms with Crippen molar-refractivity contribution in [3.05, 3.63) is 28.2 Å². The Morgan fingerprint density at radius 1 is 1.47 bits per heavy atom. The summed E-state index contributed by atoms with van der Waals surface area (Å²) in [4.78, 5) is 9.38. The van der Waals surface area contributed by atoms with Gasteiger partial charge in [-0.05, 0) is 18.2 Å². The first-order valence-electron chi connectivity index (χ1n) is 3.76. The minimum absolute atomic E-state index is 0.403. The normalized spacial score (nSPS) is 8.33. The molecular weight excluding hydrogens is 239 g/mol. The Bertz CT molecular complexity index is 388. The fourth-order valence-electron chi connectivity index (χ4n) is 0.580. The van der Waals surface area contributed by atoms with Crippen molar-refractivity contribution in [1.29, 1.82) is 5.26 Å². The summed E-state index contributed by atoms with van der Waals surface area (Å²) >= 11 is 11.2. The molecule has 0 heterocycles. The number of aliphatic carboxylic acids is 1. The molecule has 0 aliphatic heterocycles. The molecule has 0 atom stereocenters. The lowest BCUT2D eigenvalue weighted by molar-refractivity contribution is -0.135. The van der Waals surface area contributed by atoms with Crippen LogP contribution in [0.1, 0.15) is 6.42 Å². The molecule has 0 saturated carbocycles. The van der Waals surface area contributed by atoms with Crippen molar-refractivity contribution in [3.8, 4) is 6.07 Å². The van der Waals surface area contributed by atoms with Crippen molar-refractivity contribution in [2.75, 3.05) is 5.73 Å². The Kier molecular flexibility index (Phi) is 6.27. The Balaban J connectivity index is 0.000000288. The lowest BCUT2D eigenvalue weighted by atomic mass is 10.3. The largest absolute Gasteiger partial charge is 0.480 e. The van der Waals surface area contributed by atoms with Crippen LogP contribution in [0.4, 0.5) is 5.69 Å². The van der Waals surface area contributed by atoms with Crippen LogP contribution in [-0.2, 0) is 4.79 Å². The highest BCUT2D eigenvalue weighted by Gasteiger charge is 1.94. The van der Waals surface area contributed by atoms with E-state index in [0.29, 0.717) is 15.7 Å². The number of nitrogen functional groups attached to an aromatic ring is 1. The van der Waals surface area contributed by atoms with Crippen LogP contribution in [0.5, 0.6) is 0 Å². The van der Waals surface area contributed by atoms with E-state index in [1.165, 1.54) is 6.07 Å². The zero-order chi connectivity index (χ0) is 11.8. The number of nitrogens with zero attached hydrogens (tertiary/aromatic N) is 1. The van der Waals surface area contributed by atoms with E-state index in [1.807, 2.05) is 0 Å². The SMILES string of the molecule is N#CCC(=O)O.Nc1ccc(Cl)c(Cl)c1. The van der Waals surface area contributed by atoms with E-state index in [2.05, 4.69) is 0 Å². The number of anilines is 1. The predicted molar refractivity (Wildman–Crippen MR) is 58.7 cm³/mol. The van der Waals surface area contributed by atoms with Gasteiger partial charge in [0.15, 0.2) is 0 Å². The maximum absolute atomic E-state index is 9.38. The van der Waals surface area contributed by atoms with Crippen LogP contribution < -0.4 is 5.73 Å². The fourth-order valence-corrected chi connectivity index (χ4v) is 0.887. The second-order valence-electron chi connectivity index (χ2n) is 2.40. The van der Waals surface area contributed by atoms with E-state index in [0.717, 1.165) is 0 Å². The van der Waals surface area contributed by atoms with Gasteiger partial charge in [0.05, 0.1) is 16.1 Å². The molecule has 0 spiro atoms. The van der Waals surface area contributed by atoms with Crippen molar-refractivity contribution in [1.82, 2.24) is 0 Å². The van der Waals surface area contributed by atoms with Gasteiger partial charge in [-0.15, -0.1) is 0 Å². The van der Waals surface area contributed by atoms with Crippen LogP contribution >= 0.6 is 23.2 Å². The summed E-state index contributed by atoms with van der Waals surface area (Å²) in [6, 6.07) is 6.45. The first kappa shape index (κ1) is 13.6. The van der Waals surface area contributed by atoms with Gasteiger partial charge in [-0.3, -0.25) is 4.79 Å². The summed E-state index contributed by atoms with van der Waals surface area (Å²) < 4.78 is 0. The maximum Gasteiger partial charge on any atom is 0.317 e. The average Bonchev–Trinajstić information content (AvgIpc) is 2.13. The molecule has 3 N–H and O–H groups in total. The number of carboxylic acids is 1. The molecule has 0 bridgehead atoms. The van der Waals surface area contributed by atoms with Gasteiger partial charge >= 0.3 is 5.97 Å². The van der Waals surface area contributed by atoms with E-state index >= 15 is 0 Å². The molecule has 0 aliphatic carbocycles. The van der Waals surface area contributed by atoms with Crippen molar-refractivity contribution in [3.63, 3.8) is 0 Å². The number of rotatable bonds is 1. The minimum Gasteiger partial charge on any atom is -0.480 e. The summed E-state index contributed by atoms with van der Waals surface area (Å²) in [5, 5.41) is 16.3. The van der Waals surface area contributed by atoms with E-state index in [-0.39, 0.29) is 0 Å². The number of carboxylic acid groups (broad SMARTS) is 1. The lowest BCUT2D eigenvalue weighted by Gasteiger charge is -1.94. The van der Waals surface area contributed by atoms with Crippen molar-refractivity contribution >= 4 is 34.9 Å². The minimum atomic E-state index is -1.07. The van der Waals surface area contributed by atoms with Gasteiger partial charge in [0, 0.05) is 5.69 Å². The molecule has 0 radical (unpaired) electrons. The highest BCUT2D eigenvalue weighted by molar-refractivity contribution is 6.42. The van der Waals surface area contributed by atoms with Gasteiger partial charge < -0.3 is 10.8 Å². The number of nitrogens with two attached hydrogens (primary N) is 1. The highest BCUT2D eigenvalue weighted by atomic mass is 35.5. The van der Waals surface area contributed by atoms with Crippen molar-refractivity contribution < 1.29 is 9.90 Å². The van der Waals surface area contributed by atoms with Crippen LogP contribution in [0.3, 0.4) is 0 Å². The number of nitriles is 1. The molecule has 0 fully saturated rings. The molecule has 0 unspecified atom stereocenters. The fraction of sp³-hybridized carbons (Fsp3) is 0.111. The zero-order valence-corrected chi connectivity index (χ0v) is 9.09. The molecule has 0 saturated heterocycles. The summed E-state index contributed by atoms with van der Waals surface area (Å²) in [5.74, 6) is -1.07. The van der Waals surface area contributed by atoms with E-state index in [1.54, 1.807) is 18.2 Å². The Labute approximate surface area is 96.8 Å². The Morgan fingerprint density at radius 2 is 2.07 bits per heavy atom. The number of halogens is 2. The summed E-state index contributed by atoms with van der Waals surface area (Å²) in [6.45, 7) is 0. The molecule has 1 rings (SSSR count). The standard InChI is InChI=1S/C6H5Cl2N.C3H3NO2/c7-5-2-1-4(9)3-6(5)8;4-2-1-3(5)6/h1-3H,9H2;1H2,(H,5,6). The first-order chi connectivity index (χ1) is 6.97. The molecule has 0 amide bonds. The third-order valence-electron chi connectivity index (χ3n) is 1.17. The zero-order valence-electron chi connectivity index (χ0n) is 7.58. The summed E-state index contributed by atoms with van der Waals surface area (Å²) in [6.07, 6.45) is -0.403. The molecule has 6 heteroatoms. The van der Waals surface area contributed by atoms with Gasteiger partial charge in [-0.25, -0.2) is 0 Å². The van der Waals surface area contributed by atoms with Gasteiger partial charge in [0.2, 0.25) is 0 Å². The maximum atomic E-state index is 9.38. The van der Waals surface area contributed by atoms with Gasteiger partial charge in [-0.2, -0.15) is 5.26 Å². The third-order valence-corrected chi connectivity index (χ3v) is 1.91. The average molecular weight is 247 g/mol. The van der Waals surface area contributed by atoms with Crippen LogP contribution in [0.25, 0.3) is 0 Å². The van der Waals surface area contributed by atoms with Gasteiger partial charge in [0.25, 0.3) is 0 Å². The van der Waals surface area contributed by atoms with Crippen LogP contribution in [0.15, 0.2) is 18.2 Å². The topological polar surface area (TPSA) is 87.1 Å². The van der Waals surface area contributed by atoms with E-state index in [4.69, 9.17) is 39.3 Å². The summed E-state index contributed by atoms with van der Waals surface area (Å²) in [5.41, 5.74) is 6.01. The molecule has 1 aromatic rings. The summed E-state index contributed by atoms with van der Waals surface area (Å²) in [7, 11) is 0. The van der Waals surface area contributed by atoms with Crippen molar-refractivity contribution in [2.24, 2.45) is 0 Å². The smallest absolute Gasteiger partial charge is 0.317 e. The Morgan fingerprint density at radius 3 is 2.33 bits per heavy atom. The molecule has 0 aliphatic rings. The molecule has 4 nitrogen and oxygen atoms in total. The number of hydrogen-bond acceptors (Lipinski definition) is 3. The monoisotopic (exact) mass is 246 g/mol. The number of benzene rings is 1. The highest BCUT2D eigenvalue weighted by Crippen LogP contribution is 2.23. The van der Waals surface area contributed by atoms with Gasteiger partial charge in [0.1, 0.15) is 6.42 Å². The first-order valence-corrected chi connectivity index (χ1v) is 4.52. The molecule has 0 aromatic heterocycles. The van der Waals surface area contributed by atoms with Crippen molar-refractivity contribution in [2.45, 2.75) is 6.42 Å². The predicted octanol–water partition coefficient (Wildman–Crippen LogP) is 2.56. The van der Waals surface area contributed by atoms with Crippen LogP contribution in [-0.4, -0.2) is 11.1 Å². The number of hydrogen-bond donors (Lipinski definition) is 2. The second-order valence-corrected chi connectivity index (χ2v) is 3.22. The quantitative estimate of drug-likeness (QED) is 0.746. The van der Waals surface area contributed by atoms with E-state index < -0.39 is 12.4 Å². The Hall–Kier alpha value is -1.44. The third kappa shape index (κ3) is 6.61. The molecule has 15 heavy (non-hydrogen) atoms. The second kappa shape index (κ2) is 6.93. The molecular formula is C9H8Cl2N2O2. The lowest BCUT2D eigenvalue weighted by Crippen LogP contribution is -1.88.